The first-order chi connectivity index (χ1) is 9.65. The maximum atomic E-state index is 13.7. The van der Waals surface area contributed by atoms with Gasteiger partial charge in [0.25, 0.3) is 5.89 Å². The molecule has 4 nitrogen and oxygen atoms in total. The molecule has 3 aromatic rings. The lowest BCUT2D eigenvalue weighted by Gasteiger charge is -1.99. The van der Waals surface area contributed by atoms with E-state index in [1.165, 1.54) is 12.1 Å². The Balaban J connectivity index is 2.07. The summed E-state index contributed by atoms with van der Waals surface area (Å²) >= 11 is 3.30. The van der Waals surface area contributed by atoms with Crippen LogP contribution in [-0.2, 0) is 0 Å². The number of hydrogen-bond donors (Lipinski definition) is 1. The van der Waals surface area contributed by atoms with Crippen molar-refractivity contribution in [1.82, 2.24) is 10.1 Å². The standard InChI is InChI=1S/C14H8BrFN2O2/c15-8-5-6-12(19)10(7-8)14-17-13(18-20-14)9-3-1-2-4-11(9)16/h1-7,19H. The minimum Gasteiger partial charge on any atom is -0.507 e. The van der Waals surface area contributed by atoms with Crippen molar-refractivity contribution in [3.05, 3.63) is 52.8 Å². The summed E-state index contributed by atoms with van der Waals surface area (Å²) in [6.07, 6.45) is 0. The van der Waals surface area contributed by atoms with Crippen LogP contribution in [0, 0.1) is 5.82 Å². The largest absolute Gasteiger partial charge is 0.507 e. The van der Waals surface area contributed by atoms with Crippen LogP contribution < -0.4 is 0 Å². The Morgan fingerprint density at radius 1 is 1.10 bits per heavy atom. The minimum absolute atomic E-state index is 0.0110. The van der Waals surface area contributed by atoms with E-state index in [4.69, 9.17) is 4.52 Å². The topological polar surface area (TPSA) is 59.2 Å². The SMILES string of the molecule is Oc1ccc(Br)cc1-c1nc(-c2ccccc2F)no1. The van der Waals surface area contributed by atoms with E-state index in [1.807, 2.05) is 0 Å². The molecule has 0 aliphatic carbocycles. The van der Waals surface area contributed by atoms with Gasteiger partial charge in [-0.2, -0.15) is 4.98 Å². The molecule has 100 valence electrons. The predicted octanol–water partition coefficient (Wildman–Crippen LogP) is 4.01. The summed E-state index contributed by atoms with van der Waals surface area (Å²) in [7, 11) is 0. The maximum Gasteiger partial charge on any atom is 0.262 e. The van der Waals surface area contributed by atoms with Gasteiger partial charge in [0.05, 0.1) is 11.1 Å². The van der Waals surface area contributed by atoms with E-state index < -0.39 is 5.82 Å². The number of phenols is 1. The van der Waals surface area contributed by atoms with Crippen molar-refractivity contribution in [2.75, 3.05) is 0 Å². The Labute approximate surface area is 122 Å². The Bertz CT molecular complexity index is 773. The number of rotatable bonds is 2. The zero-order valence-corrected chi connectivity index (χ0v) is 11.6. The van der Waals surface area contributed by atoms with Gasteiger partial charge in [0, 0.05) is 4.47 Å². The van der Waals surface area contributed by atoms with Gasteiger partial charge in [-0.15, -0.1) is 0 Å². The number of benzene rings is 2. The van der Waals surface area contributed by atoms with Gasteiger partial charge in [-0.25, -0.2) is 4.39 Å². The highest BCUT2D eigenvalue weighted by Gasteiger charge is 2.16. The van der Waals surface area contributed by atoms with Crippen LogP contribution in [0.15, 0.2) is 51.5 Å². The average molecular weight is 335 g/mol. The van der Waals surface area contributed by atoms with Crippen molar-refractivity contribution in [3.63, 3.8) is 0 Å². The zero-order valence-electron chi connectivity index (χ0n) is 10.0. The summed E-state index contributed by atoms with van der Waals surface area (Å²) < 4.78 is 19.5. The summed E-state index contributed by atoms with van der Waals surface area (Å²) in [4.78, 5) is 4.11. The number of aromatic nitrogens is 2. The molecule has 0 bridgehead atoms. The molecule has 0 saturated carbocycles. The van der Waals surface area contributed by atoms with Crippen LogP contribution in [0.4, 0.5) is 4.39 Å². The Morgan fingerprint density at radius 2 is 1.90 bits per heavy atom. The molecule has 1 aromatic heterocycles. The fourth-order valence-corrected chi connectivity index (χ4v) is 2.13. The molecule has 0 amide bonds. The molecule has 20 heavy (non-hydrogen) atoms. The van der Waals surface area contributed by atoms with Gasteiger partial charge in [-0.05, 0) is 30.3 Å². The van der Waals surface area contributed by atoms with Crippen molar-refractivity contribution >= 4 is 15.9 Å². The van der Waals surface area contributed by atoms with Gasteiger partial charge in [-0.1, -0.05) is 33.2 Å². The van der Waals surface area contributed by atoms with E-state index in [-0.39, 0.29) is 23.0 Å². The maximum absolute atomic E-state index is 13.7. The zero-order chi connectivity index (χ0) is 14.1. The summed E-state index contributed by atoms with van der Waals surface area (Å²) in [5, 5.41) is 13.5. The number of halogens is 2. The van der Waals surface area contributed by atoms with Crippen molar-refractivity contribution in [2.24, 2.45) is 0 Å². The molecule has 0 atom stereocenters. The van der Waals surface area contributed by atoms with E-state index >= 15 is 0 Å². The normalized spacial score (nSPS) is 10.7. The van der Waals surface area contributed by atoms with E-state index in [0.29, 0.717) is 5.56 Å². The molecule has 1 heterocycles. The van der Waals surface area contributed by atoms with E-state index in [0.717, 1.165) is 4.47 Å². The van der Waals surface area contributed by atoms with E-state index in [1.54, 1.807) is 30.3 Å². The molecule has 0 aliphatic heterocycles. The number of phenolic OH excluding ortho intramolecular Hbond substituents is 1. The second kappa shape index (κ2) is 5.05. The number of aromatic hydroxyl groups is 1. The molecule has 3 rings (SSSR count). The molecule has 0 saturated heterocycles. The third-order valence-electron chi connectivity index (χ3n) is 2.73. The van der Waals surface area contributed by atoms with E-state index in [2.05, 4.69) is 26.1 Å². The van der Waals surface area contributed by atoms with Crippen LogP contribution in [0.25, 0.3) is 22.8 Å². The van der Waals surface area contributed by atoms with Gasteiger partial charge in [0.2, 0.25) is 5.82 Å². The van der Waals surface area contributed by atoms with Crippen LogP contribution >= 0.6 is 15.9 Å². The Kier molecular flexibility index (Phi) is 3.23. The number of hydrogen-bond acceptors (Lipinski definition) is 4. The lowest BCUT2D eigenvalue weighted by molar-refractivity contribution is 0.425. The molecule has 0 fully saturated rings. The average Bonchev–Trinajstić information content (AvgIpc) is 2.91. The fraction of sp³-hybridized carbons (Fsp3) is 0. The highest BCUT2D eigenvalue weighted by Crippen LogP contribution is 2.32. The molecular weight excluding hydrogens is 327 g/mol. The monoisotopic (exact) mass is 334 g/mol. The molecule has 0 radical (unpaired) electrons. The first-order valence-corrected chi connectivity index (χ1v) is 6.52. The van der Waals surface area contributed by atoms with Crippen LogP contribution in [-0.4, -0.2) is 15.2 Å². The minimum atomic E-state index is -0.432. The summed E-state index contributed by atoms with van der Waals surface area (Å²) in [6, 6.07) is 11.0. The van der Waals surface area contributed by atoms with Crippen LogP contribution in [0.5, 0.6) is 5.75 Å². The van der Waals surface area contributed by atoms with Gasteiger partial charge in [-0.3, -0.25) is 0 Å². The van der Waals surface area contributed by atoms with Crippen molar-refractivity contribution in [2.45, 2.75) is 0 Å². The molecule has 0 unspecified atom stereocenters. The summed E-state index contributed by atoms with van der Waals surface area (Å²) in [5.74, 6) is -0.158. The first-order valence-electron chi connectivity index (χ1n) is 5.72. The van der Waals surface area contributed by atoms with Gasteiger partial charge >= 0.3 is 0 Å². The molecule has 6 heteroatoms. The van der Waals surface area contributed by atoms with Crippen molar-refractivity contribution < 1.29 is 14.0 Å². The smallest absolute Gasteiger partial charge is 0.262 e. The van der Waals surface area contributed by atoms with Crippen LogP contribution in [0.1, 0.15) is 0 Å². The van der Waals surface area contributed by atoms with Gasteiger partial charge in [0.15, 0.2) is 0 Å². The second-order valence-electron chi connectivity index (χ2n) is 4.06. The van der Waals surface area contributed by atoms with Crippen molar-refractivity contribution in [1.29, 1.82) is 0 Å². The highest BCUT2D eigenvalue weighted by atomic mass is 79.9. The molecule has 0 spiro atoms. The lowest BCUT2D eigenvalue weighted by atomic mass is 10.2. The lowest BCUT2D eigenvalue weighted by Crippen LogP contribution is -1.86. The quantitative estimate of drug-likeness (QED) is 0.769. The third kappa shape index (κ3) is 2.30. The number of nitrogens with zero attached hydrogens (tertiary/aromatic N) is 2. The summed E-state index contributed by atoms with van der Waals surface area (Å²) in [5.41, 5.74) is 0.631. The first kappa shape index (κ1) is 12.8. The Morgan fingerprint density at radius 3 is 2.70 bits per heavy atom. The fourth-order valence-electron chi connectivity index (χ4n) is 1.76. The predicted molar refractivity (Wildman–Crippen MR) is 74.5 cm³/mol. The Hall–Kier alpha value is -2.21. The third-order valence-corrected chi connectivity index (χ3v) is 3.22. The molecule has 1 N–H and O–H groups in total. The van der Waals surface area contributed by atoms with Crippen LogP contribution in [0.2, 0.25) is 0 Å². The molecule has 0 aliphatic rings. The van der Waals surface area contributed by atoms with Crippen LogP contribution in [0.3, 0.4) is 0 Å². The van der Waals surface area contributed by atoms with E-state index in [9.17, 15) is 9.50 Å². The highest BCUT2D eigenvalue weighted by molar-refractivity contribution is 9.10. The molecule has 2 aromatic carbocycles. The molecular formula is C14H8BrFN2O2. The van der Waals surface area contributed by atoms with Gasteiger partial charge in [0.1, 0.15) is 11.6 Å². The second-order valence-corrected chi connectivity index (χ2v) is 4.98. The summed E-state index contributed by atoms with van der Waals surface area (Å²) in [6.45, 7) is 0. The van der Waals surface area contributed by atoms with Crippen molar-refractivity contribution in [3.8, 4) is 28.6 Å². The van der Waals surface area contributed by atoms with Gasteiger partial charge < -0.3 is 9.63 Å².